The second-order valence-corrected chi connectivity index (χ2v) is 31.4. The van der Waals surface area contributed by atoms with E-state index < -0.39 is 206 Å². The van der Waals surface area contributed by atoms with Gasteiger partial charge in [0, 0.05) is 22.2 Å². The number of ether oxygens (including phenoxy) is 9. The van der Waals surface area contributed by atoms with Gasteiger partial charge in [0.1, 0.15) is 115 Å². The van der Waals surface area contributed by atoms with E-state index in [0.29, 0.717) is 25.7 Å². The fourth-order valence-electron chi connectivity index (χ4n) is 17.4. The summed E-state index contributed by atoms with van der Waals surface area (Å²) in [4.78, 5) is 0. The maximum absolute atomic E-state index is 12.6. The predicted molar refractivity (Wildman–Crippen MR) is 328 cm³/mol. The van der Waals surface area contributed by atoms with E-state index in [4.69, 9.17) is 42.6 Å². The van der Waals surface area contributed by atoms with Crippen molar-refractivity contribution in [1.82, 2.24) is 0 Å². The van der Waals surface area contributed by atoms with Crippen LogP contribution in [0.15, 0.2) is 11.6 Å². The first-order valence-corrected chi connectivity index (χ1v) is 33.8. The third kappa shape index (κ3) is 15.3. The van der Waals surface area contributed by atoms with Crippen LogP contribution in [-0.4, -0.2) is 308 Å². The first-order valence-electron chi connectivity index (χ1n) is 33.8. The Morgan fingerprint density at radius 3 is 1.84 bits per heavy atom. The molecule has 4 saturated heterocycles. The highest BCUT2D eigenvalue weighted by molar-refractivity contribution is 5.29. The number of fused-ring (bicyclic) bond motifs is 3. The van der Waals surface area contributed by atoms with Crippen LogP contribution in [0.3, 0.4) is 0 Å². The summed E-state index contributed by atoms with van der Waals surface area (Å²) >= 11 is 0. The van der Waals surface area contributed by atoms with E-state index in [1.165, 1.54) is 26.3 Å². The Hall–Kier alpha value is -1.34. The van der Waals surface area contributed by atoms with E-state index in [0.717, 1.165) is 12.8 Å². The van der Waals surface area contributed by atoms with E-state index in [9.17, 15) is 91.9 Å². The van der Waals surface area contributed by atoms with Gasteiger partial charge in [-0.2, -0.15) is 0 Å². The van der Waals surface area contributed by atoms with E-state index in [2.05, 4.69) is 47.6 Å². The fourth-order valence-corrected chi connectivity index (χ4v) is 17.4. The predicted octanol–water partition coefficient (Wildman–Crippen LogP) is -2.71. The normalized spacial score (nSPS) is 49.8. The van der Waals surface area contributed by atoms with Gasteiger partial charge in [-0.3, -0.25) is 0 Å². The molecule has 7 fully saturated rings. The summed E-state index contributed by atoms with van der Waals surface area (Å²) in [7, 11) is 0. The molecule has 542 valence electrons. The first kappa shape index (κ1) is 77.4. The van der Waals surface area contributed by atoms with Crippen LogP contribution in [0, 0.1) is 57.7 Å². The summed E-state index contributed by atoms with van der Waals surface area (Å²) < 4.78 is 55.0. The van der Waals surface area contributed by atoms with Crippen LogP contribution in [0.2, 0.25) is 0 Å². The molecule has 4 aliphatic heterocycles. The number of hydrogen-bond acceptors (Lipinski definition) is 27. The molecule has 0 bridgehead atoms. The van der Waals surface area contributed by atoms with Crippen molar-refractivity contribution in [1.29, 1.82) is 0 Å². The van der Waals surface area contributed by atoms with Crippen LogP contribution < -0.4 is 0 Å². The lowest BCUT2D eigenvalue weighted by molar-refractivity contribution is -0.361. The van der Waals surface area contributed by atoms with Crippen molar-refractivity contribution >= 4 is 0 Å². The van der Waals surface area contributed by atoms with Gasteiger partial charge in [-0.1, -0.05) is 60.1 Å². The minimum Gasteiger partial charge on any atom is -0.394 e. The van der Waals surface area contributed by atoms with Gasteiger partial charge in [0.15, 0.2) is 6.29 Å². The molecule has 27 nitrogen and oxygen atoms in total. The minimum absolute atomic E-state index is 0.0474. The van der Waals surface area contributed by atoms with Gasteiger partial charge in [-0.15, -0.1) is 0 Å². The monoisotopic (exact) mass is 1340 g/mol. The standard InChI is InChI=1S/C66H116O27/c1-29(13-17-44(62(7,8)84)88-28-65(11)59(91-60-56(81)52(77)47(72)38(21-67)90-60)55(80)50(75)41(93-65)25-85-24-40-49(74)51(76)45(70)32(4)89-40)30(2)34-19-42(69)66(12)35(31(34)3)14-15-36-37(66)16-18-43(61(36,5)6)87-26-63(9)20-33(46(71)53(78)57(63)82)23-86-27-64(10)58(83)54(79)48(73)39(22-68)92-64/h15,29-35,37-60,67-84H,13-14,16-28H2,1-12H3/t29?,30-,31-,32?,33?,34?,35?,37?,38?,39?,40+,41?,42+,43?,44?,45+,46-,47+,48-,49-,50+,51?,52?,53-,54-,55?,56+,57?,58?,59+,60+,63-,64-,65+,66-/m0/s1. The van der Waals surface area contributed by atoms with Crippen LogP contribution in [0.25, 0.3) is 0 Å². The highest BCUT2D eigenvalue weighted by Crippen LogP contribution is 2.64. The molecule has 4 heterocycles. The molecule has 0 spiro atoms. The van der Waals surface area contributed by atoms with Gasteiger partial charge in [0.2, 0.25) is 0 Å². The number of allylic oxidation sites excluding steroid dienone is 1. The summed E-state index contributed by atoms with van der Waals surface area (Å²) in [6, 6.07) is 0. The Kier molecular flexibility index (Phi) is 25.0. The molecular weight excluding hydrogens is 1220 g/mol. The van der Waals surface area contributed by atoms with Gasteiger partial charge >= 0.3 is 0 Å². The molecule has 0 aromatic carbocycles. The van der Waals surface area contributed by atoms with Gasteiger partial charge in [0.05, 0.1) is 95.1 Å². The lowest BCUT2D eigenvalue weighted by Crippen LogP contribution is -2.69. The molecular formula is C66H116O27. The van der Waals surface area contributed by atoms with Crippen LogP contribution in [-0.2, 0) is 42.6 Å². The van der Waals surface area contributed by atoms with Crippen molar-refractivity contribution in [3.8, 4) is 0 Å². The molecule has 35 atom stereocenters. The molecule has 18 N–H and O–H groups in total. The molecule has 27 heteroatoms. The third-order valence-electron chi connectivity index (χ3n) is 24.0. The van der Waals surface area contributed by atoms with Crippen LogP contribution in [0.5, 0.6) is 0 Å². The van der Waals surface area contributed by atoms with Gasteiger partial charge in [-0.05, 0) is 115 Å². The van der Waals surface area contributed by atoms with Crippen LogP contribution in [0.4, 0.5) is 0 Å². The maximum Gasteiger partial charge on any atom is 0.187 e. The zero-order valence-corrected chi connectivity index (χ0v) is 56.3. The SMILES string of the molecule is CC(CCC(OC[C@@]1(C)OC(COC[C@H]2OC(C)[C@@H](O)C(O)[C@H]2O)[C@@H](O)C(O)[C@H]1O[C@H]1OC(CO)[C@@H](O)C(O)[C@H]1O)C(C)(C)O)[C@H](C)C1C[C@@H](O)[C@]2(C)C3CCC(OC[C@]4(C)CC(COC[C@]5(C)OC(CO)[C@H](O)[C@H](O)C5O)[C@H](O)[C@H](O)C4O)C(C)(C)C3=CCC2[C@H]1C. The van der Waals surface area contributed by atoms with Crippen molar-refractivity contribution in [3.63, 3.8) is 0 Å². The second-order valence-electron chi connectivity index (χ2n) is 31.4. The Morgan fingerprint density at radius 2 is 1.19 bits per heavy atom. The van der Waals surface area contributed by atoms with Gasteiger partial charge < -0.3 is 135 Å². The van der Waals surface area contributed by atoms with Gasteiger partial charge in [0.25, 0.3) is 0 Å². The quantitative estimate of drug-likeness (QED) is 0.0437. The van der Waals surface area contributed by atoms with E-state index >= 15 is 0 Å². The minimum atomic E-state index is -1.89. The van der Waals surface area contributed by atoms with Crippen LogP contribution in [0.1, 0.15) is 128 Å². The molecule has 8 aliphatic rings. The Bertz CT molecular complexity index is 2420. The van der Waals surface area contributed by atoms with E-state index in [1.807, 2.05) is 0 Å². The topological polar surface area (TPSA) is 447 Å². The number of hydrogen-bond donors (Lipinski definition) is 18. The highest BCUT2D eigenvalue weighted by Gasteiger charge is 2.62. The summed E-state index contributed by atoms with van der Waals surface area (Å²) in [6.07, 6.45) is -27.0. The van der Waals surface area contributed by atoms with Crippen LogP contribution >= 0.6 is 0 Å². The molecule has 16 unspecified atom stereocenters. The summed E-state index contributed by atoms with van der Waals surface area (Å²) in [5.74, 6) is -0.0158. The van der Waals surface area contributed by atoms with Crippen molar-refractivity contribution in [2.45, 2.75) is 292 Å². The zero-order valence-electron chi connectivity index (χ0n) is 56.3. The summed E-state index contributed by atoms with van der Waals surface area (Å²) in [6.45, 7) is 19.9. The lowest BCUT2D eigenvalue weighted by Gasteiger charge is -2.62. The molecule has 8 rings (SSSR count). The van der Waals surface area contributed by atoms with E-state index in [1.54, 1.807) is 20.8 Å². The summed E-state index contributed by atoms with van der Waals surface area (Å²) in [5, 5.41) is 196. The Balaban J connectivity index is 0.899. The molecule has 0 radical (unpaired) electrons. The number of aliphatic hydroxyl groups excluding tert-OH is 17. The average molecular weight is 1340 g/mol. The molecule has 4 aliphatic carbocycles. The zero-order chi connectivity index (χ0) is 69.2. The largest absolute Gasteiger partial charge is 0.394 e. The molecule has 0 aromatic heterocycles. The van der Waals surface area contributed by atoms with Crippen molar-refractivity contribution in [2.75, 3.05) is 52.9 Å². The Morgan fingerprint density at radius 1 is 0.602 bits per heavy atom. The second kappa shape index (κ2) is 30.1. The molecule has 3 saturated carbocycles. The first-order chi connectivity index (χ1) is 43.2. The van der Waals surface area contributed by atoms with Gasteiger partial charge in [-0.25, -0.2) is 0 Å². The third-order valence-corrected chi connectivity index (χ3v) is 24.0. The van der Waals surface area contributed by atoms with Crippen molar-refractivity contribution in [3.05, 3.63) is 11.6 Å². The van der Waals surface area contributed by atoms with Crippen molar-refractivity contribution < 1.29 is 135 Å². The number of aliphatic hydroxyl groups is 18. The Labute approximate surface area is 546 Å². The lowest BCUT2D eigenvalue weighted by atomic mass is 9.44. The average Bonchev–Trinajstić information content (AvgIpc) is 0.718. The smallest absolute Gasteiger partial charge is 0.187 e. The van der Waals surface area contributed by atoms with Crippen molar-refractivity contribution in [2.24, 2.45) is 57.7 Å². The highest BCUT2D eigenvalue weighted by atomic mass is 16.7. The fraction of sp³-hybridized carbons (Fsp3) is 0.970. The maximum atomic E-state index is 12.6. The number of rotatable bonds is 24. The molecule has 93 heavy (non-hydrogen) atoms. The molecule has 0 aromatic rings. The van der Waals surface area contributed by atoms with E-state index in [-0.39, 0.29) is 74.5 Å². The summed E-state index contributed by atoms with van der Waals surface area (Å²) in [5.41, 5.74) is -5.48. The molecule has 0 amide bonds.